The van der Waals surface area contributed by atoms with Gasteiger partial charge in [0.25, 0.3) is 0 Å². The van der Waals surface area contributed by atoms with E-state index in [0.29, 0.717) is 5.92 Å². The smallest absolute Gasteiger partial charge is 0.133 e. The van der Waals surface area contributed by atoms with Gasteiger partial charge in [-0.3, -0.25) is 9.88 Å². The third kappa shape index (κ3) is 3.45. The molecule has 1 saturated heterocycles. The minimum absolute atomic E-state index is 0.701. The zero-order chi connectivity index (χ0) is 13.8. The van der Waals surface area contributed by atoms with E-state index in [1.807, 2.05) is 25.3 Å². The Morgan fingerprint density at radius 3 is 3.05 bits per heavy atom. The van der Waals surface area contributed by atoms with Crippen molar-refractivity contribution >= 4 is 0 Å². The molecule has 1 fully saturated rings. The maximum Gasteiger partial charge on any atom is 0.133 e. The predicted molar refractivity (Wildman–Crippen MR) is 77.2 cm³/mol. The summed E-state index contributed by atoms with van der Waals surface area (Å²) in [5.41, 5.74) is 2.25. The molecule has 0 spiro atoms. The summed E-state index contributed by atoms with van der Waals surface area (Å²) >= 11 is 0. The van der Waals surface area contributed by atoms with E-state index < -0.39 is 0 Å². The summed E-state index contributed by atoms with van der Waals surface area (Å²) in [5, 5.41) is 4.09. The third-order valence-corrected chi connectivity index (χ3v) is 3.89. The molecule has 0 bridgehead atoms. The van der Waals surface area contributed by atoms with Gasteiger partial charge < -0.3 is 4.52 Å². The first kappa shape index (κ1) is 13.3. The maximum atomic E-state index is 5.14. The second-order valence-electron chi connectivity index (χ2n) is 5.70. The summed E-state index contributed by atoms with van der Waals surface area (Å²) in [6.45, 7) is 5.12. The molecule has 0 radical (unpaired) electrons. The van der Waals surface area contributed by atoms with Crippen LogP contribution in [0.5, 0.6) is 0 Å². The van der Waals surface area contributed by atoms with Gasteiger partial charge in [-0.2, -0.15) is 0 Å². The predicted octanol–water partition coefficient (Wildman–Crippen LogP) is 2.83. The fourth-order valence-electron chi connectivity index (χ4n) is 3.00. The number of aryl methyl sites for hydroxylation is 1. The highest BCUT2D eigenvalue weighted by atomic mass is 16.5. The number of pyridine rings is 1. The van der Waals surface area contributed by atoms with Crippen LogP contribution in [0.1, 0.15) is 30.0 Å². The average Bonchev–Trinajstić information content (AvgIpc) is 2.86. The van der Waals surface area contributed by atoms with E-state index in [-0.39, 0.29) is 0 Å². The fourth-order valence-corrected chi connectivity index (χ4v) is 3.00. The van der Waals surface area contributed by atoms with Crippen molar-refractivity contribution in [2.24, 2.45) is 5.92 Å². The van der Waals surface area contributed by atoms with Crippen molar-refractivity contribution in [1.29, 1.82) is 0 Å². The van der Waals surface area contributed by atoms with E-state index >= 15 is 0 Å². The van der Waals surface area contributed by atoms with E-state index in [1.165, 1.54) is 18.5 Å². The van der Waals surface area contributed by atoms with Crippen molar-refractivity contribution < 1.29 is 4.52 Å². The molecule has 1 atom stereocenters. The molecule has 1 aliphatic rings. The van der Waals surface area contributed by atoms with E-state index in [1.54, 1.807) is 0 Å². The number of hydrogen-bond acceptors (Lipinski definition) is 4. The van der Waals surface area contributed by atoms with Crippen LogP contribution in [-0.4, -0.2) is 28.1 Å². The third-order valence-electron chi connectivity index (χ3n) is 3.89. The molecular formula is C16H21N3O. The van der Waals surface area contributed by atoms with E-state index in [0.717, 1.165) is 37.5 Å². The van der Waals surface area contributed by atoms with Gasteiger partial charge in [0, 0.05) is 31.0 Å². The topological polar surface area (TPSA) is 42.2 Å². The van der Waals surface area contributed by atoms with E-state index in [9.17, 15) is 0 Å². The average molecular weight is 271 g/mol. The number of rotatable bonds is 4. The molecule has 0 amide bonds. The van der Waals surface area contributed by atoms with Crippen LogP contribution in [0.4, 0.5) is 0 Å². The molecule has 0 unspecified atom stereocenters. The van der Waals surface area contributed by atoms with Crippen LogP contribution < -0.4 is 0 Å². The summed E-state index contributed by atoms with van der Waals surface area (Å²) in [4.78, 5) is 6.92. The van der Waals surface area contributed by atoms with Crippen LogP contribution in [0, 0.1) is 12.8 Å². The Bertz CT molecular complexity index is 538. The van der Waals surface area contributed by atoms with Crippen LogP contribution in [0.25, 0.3) is 0 Å². The maximum absolute atomic E-state index is 5.14. The normalized spacial score (nSPS) is 20.1. The molecule has 0 N–H and O–H groups in total. The van der Waals surface area contributed by atoms with Crippen molar-refractivity contribution in [2.75, 3.05) is 13.1 Å². The van der Waals surface area contributed by atoms with Crippen LogP contribution in [0.15, 0.2) is 35.0 Å². The monoisotopic (exact) mass is 271 g/mol. The lowest BCUT2D eigenvalue weighted by atomic mass is 9.93. The van der Waals surface area contributed by atoms with Crippen molar-refractivity contribution in [3.63, 3.8) is 0 Å². The second-order valence-corrected chi connectivity index (χ2v) is 5.70. The summed E-state index contributed by atoms with van der Waals surface area (Å²) in [7, 11) is 0. The molecule has 3 rings (SSSR count). The first-order chi connectivity index (χ1) is 9.79. The molecule has 106 valence electrons. The summed E-state index contributed by atoms with van der Waals surface area (Å²) < 4.78 is 5.14. The van der Waals surface area contributed by atoms with Crippen LogP contribution in [0.3, 0.4) is 0 Å². The minimum Gasteiger partial charge on any atom is -0.361 e. The number of aromatic nitrogens is 2. The van der Waals surface area contributed by atoms with Gasteiger partial charge >= 0.3 is 0 Å². The van der Waals surface area contributed by atoms with Crippen LogP contribution in [0.2, 0.25) is 0 Å². The molecule has 20 heavy (non-hydrogen) atoms. The lowest BCUT2D eigenvalue weighted by molar-refractivity contribution is 0.162. The zero-order valence-electron chi connectivity index (χ0n) is 12.0. The SMILES string of the molecule is Cc1cc(CN2CCC[C@@H](Cc3ccccn3)C2)no1. The highest BCUT2D eigenvalue weighted by Gasteiger charge is 2.21. The summed E-state index contributed by atoms with van der Waals surface area (Å²) in [5.74, 6) is 1.59. The summed E-state index contributed by atoms with van der Waals surface area (Å²) in [6.07, 6.45) is 5.52. The largest absolute Gasteiger partial charge is 0.361 e. The van der Waals surface area contributed by atoms with Crippen molar-refractivity contribution in [2.45, 2.75) is 32.7 Å². The second kappa shape index (κ2) is 6.18. The molecule has 0 aliphatic carbocycles. The van der Waals surface area contributed by atoms with Gasteiger partial charge in [0.1, 0.15) is 5.76 Å². The Hall–Kier alpha value is -1.68. The van der Waals surface area contributed by atoms with E-state index in [2.05, 4.69) is 27.2 Å². The summed E-state index contributed by atoms with van der Waals surface area (Å²) in [6, 6.07) is 8.20. The number of hydrogen-bond donors (Lipinski definition) is 0. The Morgan fingerprint density at radius 1 is 1.35 bits per heavy atom. The molecule has 1 aliphatic heterocycles. The van der Waals surface area contributed by atoms with Gasteiger partial charge in [-0.25, -0.2) is 0 Å². The zero-order valence-corrected chi connectivity index (χ0v) is 12.0. The number of likely N-dealkylation sites (tertiary alicyclic amines) is 1. The van der Waals surface area contributed by atoms with Crippen molar-refractivity contribution in [3.05, 3.63) is 47.6 Å². The van der Waals surface area contributed by atoms with Gasteiger partial charge in [0.2, 0.25) is 0 Å². The molecule has 0 saturated carbocycles. The molecule has 2 aromatic heterocycles. The number of piperidine rings is 1. The molecule has 4 nitrogen and oxygen atoms in total. The number of nitrogens with zero attached hydrogens (tertiary/aromatic N) is 3. The fraction of sp³-hybridized carbons (Fsp3) is 0.500. The Kier molecular flexibility index (Phi) is 4.11. The first-order valence-corrected chi connectivity index (χ1v) is 7.34. The molecule has 3 heterocycles. The van der Waals surface area contributed by atoms with Crippen LogP contribution in [-0.2, 0) is 13.0 Å². The lowest BCUT2D eigenvalue weighted by Gasteiger charge is -2.32. The molecule has 0 aromatic carbocycles. The minimum atomic E-state index is 0.701. The van der Waals surface area contributed by atoms with E-state index in [4.69, 9.17) is 4.52 Å². The standard InChI is InChI=1S/C16H21N3O/c1-13-9-16(18-20-13)12-19-8-4-5-14(11-19)10-15-6-2-3-7-17-15/h2-3,6-7,9,14H,4-5,8,10-12H2,1H3/t14-/m0/s1. The quantitative estimate of drug-likeness (QED) is 0.857. The Labute approximate surface area is 119 Å². The Morgan fingerprint density at radius 2 is 2.30 bits per heavy atom. The van der Waals surface area contributed by atoms with Crippen molar-refractivity contribution in [1.82, 2.24) is 15.0 Å². The molecular weight excluding hydrogens is 250 g/mol. The lowest BCUT2D eigenvalue weighted by Crippen LogP contribution is -2.35. The first-order valence-electron chi connectivity index (χ1n) is 7.34. The highest BCUT2D eigenvalue weighted by Crippen LogP contribution is 2.21. The van der Waals surface area contributed by atoms with Gasteiger partial charge in [-0.05, 0) is 50.8 Å². The van der Waals surface area contributed by atoms with Crippen LogP contribution >= 0.6 is 0 Å². The van der Waals surface area contributed by atoms with Gasteiger partial charge in [0.05, 0.1) is 5.69 Å². The van der Waals surface area contributed by atoms with Crippen molar-refractivity contribution in [3.8, 4) is 0 Å². The van der Waals surface area contributed by atoms with Gasteiger partial charge in [0.15, 0.2) is 0 Å². The van der Waals surface area contributed by atoms with Gasteiger partial charge in [-0.15, -0.1) is 0 Å². The van der Waals surface area contributed by atoms with Gasteiger partial charge in [-0.1, -0.05) is 11.2 Å². The highest BCUT2D eigenvalue weighted by molar-refractivity contribution is 5.06. The molecule has 4 heteroatoms. The molecule has 2 aromatic rings. The Balaban J connectivity index is 1.56.